The van der Waals surface area contributed by atoms with Crippen molar-refractivity contribution in [1.29, 1.82) is 0 Å². The third-order valence-corrected chi connectivity index (χ3v) is 7.17. The predicted octanol–water partition coefficient (Wildman–Crippen LogP) is 5.11. The van der Waals surface area contributed by atoms with Crippen LogP contribution in [0.25, 0.3) is 11.4 Å². The Hall–Kier alpha value is -3.59. The van der Waals surface area contributed by atoms with Crippen molar-refractivity contribution in [3.63, 3.8) is 0 Å². The normalized spacial score (nSPS) is 14.5. The highest BCUT2D eigenvalue weighted by Crippen LogP contribution is 2.30. The first kappa shape index (κ1) is 24.1. The monoisotopic (exact) mass is 498 g/mol. The molecule has 184 valence electrons. The number of piperazine rings is 1. The van der Waals surface area contributed by atoms with Crippen LogP contribution >= 0.6 is 11.3 Å². The van der Waals surface area contributed by atoms with Crippen LogP contribution < -0.4 is 10.2 Å². The zero-order valence-corrected chi connectivity index (χ0v) is 21.4. The lowest BCUT2D eigenvalue weighted by Gasteiger charge is -2.36. The van der Waals surface area contributed by atoms with Crippen LogP contribution in [0.5, 0.6) is 0 Å². The molecule has 0 radical (unpaired) electrons. The molecule has 1 fully saturated rings. The van der Waals surface area contributed by atoms with Gasteiger partial charge in [-0.3, -0.25) is 19.6 Å². The van der Waals surface area contributed by atoms with E-state index in [1.807, 2.05) is 70.9 Å². The number of rotatable bonds is 7. The summed E-state index contributed by atoms with van der Waals surface area (Å²) in [5.41, 5.74) is 5.24. The van der Waals surface area contributed by atoms with Crippen molar-refractivity contribution in [1.82, 2.24) is 19.8 Å². The van der Waals surface area contributed by atoms with E-state index in [9.17, 15) is 4.79 Å². The average molecular weight is 499 g/mol. The summed E-state index contributed by atoms with van der Waals surface area (Å²) in [5.74, 6) is -0.00369. The van der Waals surface area contributed by atoms with Crippen molar-refractivity contribution in [2.45, 2.75) is 6.92 Å². The van der Waals surface area contributed by atoms with E-state index in [1.54, 1.807) is 6.20 Å². The third-order valence-electron chi connectivity index (χ3n) is 6.41. The van der Waals surface area contributed by atoms with Gasteiger partial charge in [0.2, 0.25) is 0 Å². The number of nitrogens with one attached hydrogen (secondary N) is 1. The molecule has 1 aliphatic heterocycles. The molecule has 2 aromatic carbocycles. The number of likely N-dealkylation sites (N-methyl/N-ethyl adjacent to an activating group) is 1. The maximum Gasteiger partial charge on any atom is 0.259 e. The van der Waals surface area contributed by atoms with Gasteiger partial charge in [0.15, 0.2) is 5.13 Å². The van der Waals surface area contributed by atoms with Crippen LogP contribution in [0.1, 0.15) is 15.9 Å². The fourth-order valence-electron chi connectivity index (χ4n) is 4.18. The summed E-state index contributed by atoms with van der Waals surface area (Å²) in [7, 11) is 2.14. The second-order valence-electron chi connectivity index (χ2n) is 9.04. The highest BCUT2D eigenvalue weighted by molar-refractivity contribution is 7.14. The molecule has 1 amide bonds. The van der Waals surface area contributed by atoms with Crippen molar-refractivity contribution < 1.29 is 4.79 Å². The van der Waals surface area contributed by atoms with Gasteiger partial charge in [-0.05, 0) is 55.9 Å². The van der Waals surface area contributed by atoms with Gasteiger partial charge in [-0.25, -0.2) is 4.98 Å². The zero-order valence-electron chi connectivity index (χ0n) is 20.6. The fraction of sp³-hybridized carbons (Fsp3) is 0.250. The first-order chi connectivity index (χ1) is 17.6. The maximum absolute atomic E-state index is 13.6. The third kappa shape index (κ3) is 5.62. The zero-order chi connectivity index (χ0) is 24.9. The number of pyridine rings is 1. The van der Waals surface area contributed by atoms with E-state index in [2.05, 4.69) is 40.1 Å². The predicted molar refractivity (Wildman–Crippen MR) is 147 cm³/mol. The summed E-state index contributed by atoms with van der Waals surface area (Å²) < 4.78 is 0. The SMILES string of the molecule is Cc1ccc(N(CN2CCN(C)CC2)C(=O)c2ccccc2)cc1Nc1nc(-c2ccccn2)cs1. The van der Waals surface area contributed by atoms with Gasteiger partial charge in [-0.15, -0.1) is 11.3 Å². The largest absolute Gasteiger partial charge is 0.331 e. The minimum absolute atomic E-state index is 0.00369. The Morgan fingerprint density at radius 3 is 2.53 bits per heavy atom. The van der Waals surface area contributed by atoms with Crippen molar-refractivity contribution in [2.75, 3.05) is 50.1 Å². The van der Waals surface area contributed by atoms with Crippen molar-refractivity contribution in [3.05, 3.63) is 89.4 Å². The summed E-state index contributed by atoms with van der Waals surface area (Å²) in [4.78, 5) is 29.3. The molecule has 1 saturated heterocycles. The number of hydrogen-bond acceptors (Lipinski definition) is 7. The molecule has 0 atom stereocenters. The van der Waals surface area contributed by atoms with Crippen LogP contribution in [0.15, 0.2) is 78.3 Å². The summed E-state index contributed by atoms with van der Waals surface area (Å²) in [5, 5.41) is 6.26. The number of carbonyl (C=O) groups is 1. The van der Waals surface area contributed by atoms with Gasteiger partial charge in [0, 0.05) is 54.7 Å². The van der Waals surface area contributed by atoms with Crippen molar-refractivity contribution in [2.24, 2.45) is 0 Å². The van der Waals surface area contributed by atoms with Gasteiger partial charge in [0.25, 0.3) is 5.91 Å². The molecule has 3 heterocycles. The highest BCUT2D eigenvalue weighted by atomic mass is 32.1. The number of aromatic nitrogens is 2. The van der Waals surface area contributed by atoms with Crippen LogP contribution in [0.3, 0.4) is 0 Å². The summed E-state index contributed by atoms with van der Waals surface area (Å²) in [6, 6.07) is 21.4. The highest BCUT2D eigenvalue weighted by Gasteiger charge is 2.23. The van der Waals surface area contributed by atoms with Gasteiger partial charge in [0.05, 0.1) is 12.4 Å². The Morgan fingerprint density at radius 1 is 1.00 bits per heavy atom. The lowest BCUT2D eigenvalue weighted by Crippen LogP contribution is -2.50. The van der Waals surface area contributed by atoms with E-state index >= 15 is 0 Å². The van der Waals surface area contributed by atoms with Crippen LogP contribution in [-0.4, -0.2) is 65.6 Å². The molecule has 0 aliphatic carbocycles. The maximum atomic E-state index is 13.6. The van der Waals surface area contributed by atoms with Crippen molar-refractivity contribution >= 4 is 33.8 Å². The molecule has 1 N–H and O–H groups in total. The molecule has 0 unspecified atom stereocenters. The molecule has 4 aromatic rings. The van der Waals surface area contributed by atoms with E-state index in [0.29, 0.717) is 12.2 Å². The number of aryl methyl sites for hydroxylation is 1. The standard InChI is InChI=1S/C28H30N6OS/c1-21-11-12-23(18-25(21)30-28-31-26(19-36-28)24-10-6-7-13-29-24)34(20-33-16-14-32(2)15-17-33)27(35)22-8-4-3-5-9-22/h3-13,18-19H,14-17,20H2,1-2H3,(H,30,31). The molecular weight excluding hydrogens is 468 g/mol. The van der Waals surface area contributed by atoms with Crippen LogP contribution in [0, 0.1) is 6.92 Å². The molecule has 7 nitrogen and oxygen atoms in total. The van der Waals surface area contributed by atoms with Crippen molar-refractivity contribution in [3.8, 4) is 11.4 Å². The molecule has 8 heteroatoms. The van der Waals surface area contributed by atoms with Crippen LogP contribution in [-0.2, 0) is 0 Å². The van der Waals surface area contributed by atoms with E-state index in [0.717, 1.165) is 59.6 Å². The minimum Gasteiger partial charge on any atom is -0.331 e. The fourth-order valence-corrected chi connectivity index (χ4v) is 4.90. The number of amides is 1. The molecular formula is C28H30N6OS. The second-order valence-corrected chi connectivity index (χ2v) is 9.90. The van der Waals surface area contributed by atoms with E-state index in [-0.39, 0.29) is 5.91 Å². The Morgan fingerprint density at radius 2 is 1.78 bits per heavy atom. The molecule has 2 aromatic heterocycles. The van der Waals surface area contributed by atoms with Gasteiger partial charge >= 0.3 is 0 Å². The first-order valence-electron chi connectivity index (χ1n) is 12.1. The number of anilines is 3. The van der Waals surface area contributed by atoms with E-state index < -0.39 is 0 Å². The van der Waals surface area contributed by atoms with Crippen LogP contribution in [0.4, 0.5) is 16.5 Å². The molecule has 1 aliphatic rings. The molecule has 0 spiro atoms. The first-order valence-corrected chi connectivity index (χ1v) is 13.0. The quantitative estimate of drug-likeness (QED) is 0.382. The van der Waals surface area contributed by atoms with E-state index in [4.69, 9.17) is 4.98 Å². The summed E-state index contributed by atoms with van der Waals surface area (Å²) in [6.07, 6.45) is 1.77. The van der Waals surface area contributed by atoms with Crippen LogP contribution in [0.2, 0.25) is 0 Å². The minimum atomic E-state index is -0.00369. The number of thiazole rings is 1. The van der Waals surface area contributed by atoms with Gasteiger partial charge in [0.1, 0.15) is 5.69 Å². The second kappa shape index (κ2) is 11.0. The Labute approximate surface area is 216 Å². The topological polar surface area (TPSA) is 64.6 Å². The molecule has 0 bridgehead atoms. The van der Waals surface area contributed by atoms with Gasteiger partial charge in [-0.1, -0.05) is 30.3 Å². The lowest BCUT2D eigenvalue weighted by molar-refractivity contribution is 0.0945. The lowest BCUT2D eigenvalue weighted by atomic mass is 10.1. The molecule has 5 rings (SSSR count). The molecule has 36 heavy (non-hydrogen) atoms. The molecule has 0 saturated carbocycles. The number of benzene rings is 2. The Balaban J connectivity index is 1.42. The summed E-state index contributed by atoms with van der Waals surface area (Å²) >= 11 is 1.54. The Kier molecular flexibility index (Phi) is 7.36. The Bertz CT molecular complexity index is 1300. The van der Waals surface area contributed by atoms with E-state index in [1.165, 1.54) is 11.3 Å². The average Bonchev–Trinajstić information content (AvgIpc) is 3.39. The van der Waals surface area contributed by atoms with Gasteiger partial charge < -0.3 is 10.2 Å². The number of hydrogen-bond donors (Lipinski definition) is 1. The summed E-state index contributed by atoms with van der Waals surface area (Å²) in [6.45, 7) is 6.46. The number of carbonyl (C=O) groups excluding carboxylic acids is 1. The van der Waals surface area contributed by atoms with Gasteiger partial charge in [-0.2, -0.15) is 0 Å². The smallest absolute Gasteiger partial charge is 0.259 e. The number of nitrogens with zero attached hydrogens (tertiary/aromatic N) is 5.